The third kappa shape index (κ3) is 3.40. The van der Waals surface area contributed by atoms with Crippen molar-refractivity contribution in [3.05, 3.63) is 29.6 Å². The number of nitrogens with zero attached hydrogens (tertiary/aromatic N) is 3. The van der Waals surface area contributed by atoms with E-state index in [2.05, 4.69) is 4.90 Å². The van der Waals surface area contributed by atoms with Gasteiger partial charge in [-0.05, 0) is 37.7 Å². The molecule has 0 amide bonds. The first-order valence-corrected chi connectivity index (χ1v) is 8.35. The van der Waals surface area contributed by atoms with Gasteiger partial charge in [-0.25, -0.2) is 12.8 Å². The second kappa shape index (κ2) is 6.52. The molecule has 0 aliphatic carbocycles. The molecule has 0 radical (unpaired) electrons. The molecule has 1 aliphatic rings. The third-order valence-electron chi connectivity index (χ3n) is 3.69. The van der Waals surface area contributed by atoms with E-state index in [0.717, 1.165) is 31.6 Å². The molecule has 1 aromatic carbocycles. The average molecular weight is 311 g/mol. The van der Waals surface area contributed by atoms with Gasteiger partial charge in [-0.15, -0.1) is 0 Å². The smallest absolute Gasteiger partial charge is 0.243 e. The highest BCUT2D eigenvalue weighted by Crippen LogP contribution is 2.20. The summed E-state index contributed by atoms with van der Waals surface area (Å²) in [5.41, 5.74) is -0.249. The lowest BCUT2D eigenvalue weighted by molar-refractivity contribution is 0.302. The minimum atomic E-state index is -3.68. The zero-order chi connectivity index (χ0) is 15.5. The molecule has 0 spiro atoms. The van der Waals surface area contributed by atoms with Gasteiger partial charge in [0.2, 0.25) is 10.0 Å². The maximum absolute atomic E-state index is 13.3. The number of likely N-dealkylation sites (N-methyl/N-ethyl adjacent to an activating group) is 1. The van der Waals surface area contributed by atoms with Gasteiger partial charge in [0.05, 0.1) is 10.5 Å². The van der Waals surface area contributed by atoms with Gasteiger partial charge in [0.15, 0.2) is 0 Å². The van der Waals surface area contributed by atoms with E-state index in [0.29, 0.717) is 19.6 Å². The number of hydrogen-bond acceptors (Lipinski definition) is 4. The number of sulfonamides is 1. The van der Waals surface area contributed by atoms with Crippen molar-refractivity contribution in [1.29, 1.82) is 5.26 Å². The van der Waals surface area contributed by atoms with Crippen LogP contribution in [0.5, 0.6) is 0 Å². The Balaban J connectivity index is 2.28. The fourth-order valence-electron chi connectivity index (χ4n) is 2.40. The highest BCUT2D eigenvalue weighted by atomic mass is 32.2. The topological polar surface area (TPSA) is 64.4 Å². The Morgan fingerprint density at radius 2 is 2.05 bits per heavy atom. The lowest BCUT2D eigenvalue weighted by Crippen LogP contribution is -2.35. The minimum absolute atomic E-state index is 0.0228. The number of nitriles is 1. The lowest BCUT2D eigenvalue weighted by atomic mass is 10.2. The fraction of sp³-hybridized carbons (Fsp3) is 0.500. The second-order valence-electron chi connectivity index (χ2n) is 4.95. The van der Waals surface area contributed by atoms with Crippen molar-refractivity contribution in [3.63, 3.8) is 0 Å². The van der Waals surface area contributed by atoms with Crippen LogP contribution in [-0.4, -0.2) is 50.3 Å². The van der Waals surface area contributed by atoms with E-state index < -0.39 is 15.8 Å². The second-order valence-corrected chi connectivity index (χ2v) is 6.88. The first-order chi connectivity index (χ1) is 9.98. The van der Waals surface area contributed by atoms with Crippen LogP contribution in [0.4, 0.5) is 4.39 Å². The standard InChI is InChI=1S/C14H18FN3O2S/c1-2-17-6-3-7-18(9-8-17)21(19,20)13-4-5-14(15)12(10-13)11-16/h4-5,10H,2-3,6-9H2,1H3. The highest BCUT2D eigenvalue weighted by molar-refractivity contribution is 7.89. The summed E-state index contributed by atoms with van der Waals surface area (Å²) in [5, 5.41) is 8.83. The van der Waals surface area contributed by atoms with E-state index in [-0.39, 0.29) is 10.5 Å². The molecule has 1 aromatic rings. The van der Waals surface area contributed by atoms with Crippen molar-refractivity contribution >= 4 is 10.0 Å². The van der Waals surface area contributed by atoms with E-state index >= 15 is 0 Å². The number of halogens is 1. The van der Waals surface area contributed by atoms with Crippen LogP contribution in [0.15, 0.2) is 23.1 Å². The molecule has 1 aliphatic heterocycles. The van der Waals surface area contributed by atoms with Crippen LogP contribution in [0.1, 0.15) is 18.9 Å². The molecule has 5 nitrogen and oxygen atoms in total. The minimum Gasteiger partial charge on any atom is -0.302 e. The first kappa shape index (κ1) is 15.9. The molecule has 1 heterocycles. The summed E-state index contributed by atoms with van der Waals surface area (Å²) in [4.78, 5) is 2.17. The van der Waals surface area contributed by atoms with Crippen molar-refractivity contribution in [1.82, 2.24) is 9.21 Å². The van der Waals surface area contributed by atoms with Crippen molar-refractivity contribution in [2.24, 2.45) is 0 Å². The van der Waals surface area contributed by atoms with Gasteiger partial charge in [0.25, 0.3) is 0 Å². The van der Waals surface area contributed by atoms with Crippen LogP contribution < -0.4 is 0 Å². The van der Waals surface area contributed by atoms with Crippen molar-refractivity contribution < 1.29 is 12.8 Å². The molecule has 21 heavy (non-hydrogen) atoms. The lowest BCUT2D eigenvalue weighted by Gasteiger charge is -2.21. The molecular weight excluding hydrogens is 293 g/mol. The summed E-state index contributed by atoms with van der Waals surface area (Å²) in [5.74, 6) is -0.704. The molecule has 0 aromatic heterocycles. The molecular formula is C14H18FN3O2S. The number of rotatable bonds is 3. The average Bonchev–Trinajstić information content (AvgIpc) is 2.73. The summed E-state index contributed by atoms with van der Waals surface area (Å²) in [6, 6.07) is 5.02. The molecule has 2 rings (SSSR count). The van der Waals surface area contributed by atoms with Crippen molar-refractivity contribution in [2.75, 3.05) is 32.7 Å². The Kier molecular flexibility index (Phi) is 4.93. The van der Waals surface area contributed by atoms with Crippen LogP contribution in [0.25, 0.3) is 0 Å². The molecule has 7 heteroatoms. The monoisotopic (exact) mass is 311 g/mol. The molecule has 0 saturated carbocycles. The van der Waals surface area contributed by atoms with Crippen LogP contribution in [0, 0.1) is 17.1 Å². The summed E-state index contributed by atoms with van der Waals surface area (Å²) in [7, 11) is -3.68. The summed E-state index contributed by atoms with van der Waals surface area (Å²) in [6.45, 7) is 5.34. The van der Waals surface area contributed by atoms with Gasteiger partial charge in [-0.1, -0.05) is 6.92 Å². The van der Waals surface area contributed by atoms with Crippen molar-refractivity contribution in [2.45, 2.75) is 18.2 Å². The maximum atomic E-state index is 13.3. The van der Waals surface area contributed by atoms with Gasteiger partial charge in [-0.3, -0.25) is 0 Å². The predicted molar refractivity (Wildman–Crippen MR) is 76.6 cm³/mol. The Bertz CT molecular complexity index is 655. The summed E-state index contributed by atoms with van der Waals surface area (Å²) < 4.78 is 39.9. The number of hydrogen-bond donors (Lipinski definition) is 0. The van der Waals surface area contributed by atoms with Crippen LogP contribution >= 0.6 is 0 Å². The Labute approximate surface area is 124 Å². The molecule has 1 fully saturated rings. The quantitative estimate of drug-likeness (QED) is 0.847. The first-order valence-electron chi connectivity index (χ1n) is 6.91. The van der Waals surface area contributed by atoms with E-state index in [9.17, 15) is 12.8 Å². The largest absolute Gasteiger partial charge is 0.302 e. The molecule has 0 unspecified atom stereocenters. The zero-order valence-electron chi connectivity index (χ0n) is 11.9. The fourth-order valence-corrected chi connectivity index (χ4v) is 3.90. The van der Waals surface area contributed by atoms with Crippen molar-refractivity contribution in [3.8, 4) is 6.07 Å². The normalized spacial score (nSPS) is 18.1. The molecule has 0 atom stereocenters. The van der Waals surface area contributed by atoms with E-state index in [1.54, 1.807) is 6.07 Å². The van der Waals surface area contributed by atoms with E-state index in [1.165, 1.54) is 10.4 Å². The van der Waals surface area contributed by atoms with E-state index in [4.69, 9.17) is 5.26 Å². The van der Waals surface area contributed by atoms with Gasteiger partial charge in [0.1, 0.15) is 11.9 Å². The summed E-state index contributed by atoms with van der Waals surface area (Å²) in [6.07, 6.45) is 0.763. The molecule has 1 saturated heterocycles. The SMILES string of the molecule is CCN1CCCN(S(=O)(=O)c2ccc(F)c(C#N)c2)CC1. The zero-order valence-corrected chi connectivity index (χ0v) is 12.7. The summed E-state index contributed by atoms with van der Waals surface area (Å²) >= 11 is 0. The third-order valence-corrected chi connectivity index (χ3v) is 5.59. The Morgan fingerprint density at radius 3 is 2.71 bits per heavy atom. The van der Waals surface area contributed by atoms with Crippen LogP contribution in [0.3, 0.4) is 0 Å². The Hall–Kier alpha value is -1.49. The number of benzene rings is 1. The van der Waals surface area contributed by atoms with Gasteiger partial charge in [-0.2, -0.15) is 9.57 Å². The maximum Gasteiger partial charge on any atom is 0.243 e. The van der Waals surface area contributed by atoms with Gasteiger partial charge < -0.3 is 4.90 Å². The molecule has 0 N–H and O–H groups in total. The van der Waals surface area contributed by atoms with Crippen LogP contribution in [-0.2, 0) is 10.0 Å². The van der Waals surface area contributed by atoms with Gasteiger partial charge in [0, 0.05) is 19.6 Å². The molecule has 114 valence electrons. The molecule has 0 bridgehead atoms. The highest BCUT2D eigenvalue weighted by Gasteiger charge is 2.27. The Morgan fingerprint density at radius 1 is 1.29 bits per heavy atom. The van der Waals surface area contributed by atoms with Gasteiger partial charge >= 0.3 is 0 Å². The van der Waals surface area contributed by atoms with E-state index in [1.807, 2.05) is 6.92 Å². The predicted octanol–water partition coefficient (Wildman–Crippen LogP) is 1.41. The van der Waals surface area contributed by atoms with Crippen LogP contribution in [0.2, 0.25) is 0 Å².